The Labute approximate surface area is 123 Å². The van der Waals surface area contributed by atoms with Crippen LogP contribution in [0.2, 0.25) is 0 Å². The summed E-state index contributed by atoms with van der Waals surface area (Å²) >= 11 is 3.34. The van der Waals surface area contributed by atoms with Crippen LogP contribution in [0.25, 0.3) is 0 Å². The molecular formula is C14H11BrN2O3. The monoisotopic (exact) mass is 334 g/mol. The van der Waals surface area contributed by atoms with Crippen LogP contribution in [0.5, 0.6) is 0 Å². The zero-order chi connectivity index (χ0) is 14.7. The van der Waals surface area contributed by atoms with Crippen molar-refractivity contribution < 1.29 is 14.7 Å². The predicted molar refractivity (Wildman–Crippen MR) is 78.0 cm³/mol. The zero-order valence-electron chi connectivity index (χ0n) is 10.6. The summed E-state index contributed by atoms with van der Waals surface area (Å²) in [6.45, 7) is 1.93. The third-order valence-electron chi connectivity index (χ3n) is 2.63. The van der Waals surface area contributed by atoms with Crippen molar-refractivity contribution in [3.05, 3.63) is 57.8 Å². The third kappa shape index (κ3) is 3.03. The van der Waals surface area contributed by atoms with Crippen LogP contribution in [0, 0.1) is 6.92 Å². The minimum absolute atomic E-state index is 0.118. The number of benzene rings is 1. The average Bonchev–Trinajstić information content (AvgIpc) is 2.41. The molecule has 2 rings (SSSR count). The number of halogens is 1. The molecular weight excluding hydrogens is 324 g/mol. The number of aromatic nitrogens is 1. The van der Waals surface area contributed by atoms with Gasteiger partial charge in [-0.1, -0.05) is 6.07 Å². The number of carboxylic acids is 1. The number of rotatable bonds is 3. The van der Waals surface area contributed by atoms with Crippen molar-refractivity contribution in [3.63, 3.8) is 0 Å². The van der Waals surface area contributed by atoms with Crippen LogP contribution in [0.4, 0.5) is 5.69 Å². The van der Waals surface area contributed by atoms with E-state index in [0.29, 0.717) is 5.69 Å². The SMILES string of the molecule is Cc1ccc(NC(=O)c2ncccc2C(=O)O)c(Br)c1. The van der Waals surface area contributed by atoms with Crippen LogP contribution >= 0.6 is 15.9 Å². The van der Waals surface area contributed by atoms with E-state index in [4.69, 9.17) is 5.11 Å². The lowest BCUT2D eigenvalue weighted by atomic mass is 10.1. The number of nitrogens with zero attached hydrogens (tertiary/aromatic N) is 1. The Kier molecular flexibility index (Phi) is 4.14. The second-order valence-corrected chi connectivity index (χ2v) is 5.00. The lowest BCUT2D eigenvalue weighted by Crippen LogP contribution is -2.18. The topological polar surface area (TPSA) is 79.3 Å². The Morgan fingerprint density at radius 1 is 1.30 bits per heavy atom. The molecule has 0 saturated carbocycles. The summed E-state index contributed by atoms with van der Waals surface area (Å²) in [5, 5.41) is 11.7. The highest BCUT2D eigenvalue weighted by atomic mass is 79.9. The van der Waals surface area contributed by atoms with Gasteiger partial charge in [-0.05, 0) is 52.7 Å². The van der Waals surface area contributed by atoms with Gasteiger partial charge in [-0.15, -0.1) is 0 Å². The maximum Gasteiger partial charge on any atom is 0.338 e. The summed E-state index contributed by atoms with van der Waals surface area (Å²) in [4.78, 5) is 27.0. The van der Waals surface area contributed by atoms with Gasteiger partial charge >= 0.3 is 5.97 Å². The van der Waals surface area contributed by atoms with Crippen molar-refractivity contribution in [1.82, 2.24) is 4.98 Å². The van der Waals surface area contributed by atoms with Crippen LogP contribution in [0.15, 0.2) is 41.0 Å². The first-order chi connectivity index (χ1) is 9.49. The molecule has 0 fully saturated rings. The van der Waals surface area contributed by atoms with E-state index >= 15 is 0 Å². The molecule has 1 amide bonds. The molecule has 0 unspecified atom stereocenters. The number of carbonyl (C=O) groups is 2. The molecule has 20 heavy (non-hydrogen) atoms. The van der Waals surface area contributed by atoms with Crippen molar-refractivity contribution in [2.45, 2.75) is 6.92 Å². The highest BCUT2D eigenvalue weighted by Gasteiger charge is 2.18. The largest absolute Gasteiger partial charge is 0.478 e. The summed E-state index contributed by atoms with van der Waals surface area (Å²) in [5.74, 6) is -1.75. The normalized spacial score (nSPS) is 10.1. The van der Waals surface area contributed by atoms with E-state index in [9.17, 15) is 9.59 Å². The second kappa shape index (κ2) is 5.83. The van der Waals surface area contributed by atoms with E-state index in [1.807, 2.05) is 19.1 Å². The van der Waals surface area contributed by atoms with Gasteiger partial charge in [-0.3, -0.25) is 9.78 Å². The molecule has 0 saturated heterocycles. The van der Waals surface area contributed by atoms with Crippen molar-refractivity contribution in [1.29, 1.82) is 0 Å². The van der Waals surface area contributed by atoms with Gasteiger partial charge in [0.1, 0.15) is 5.69 Å². The molecule has 102 valence electrons. The maximum atomic E-state index is 12.1. The molecule has 2 N–H and O–H groups in total. The van der Waals surface area contributed by atoms with E-state index < -0.39 is 11.9 Å². The number of pyridine rings is 1. The van der Waals surface area contributed by atoms with Crippen LogP contribution in [0.3, 0.4) is 0 Å². The van der Waals surface area contributed by atoms with E-state index in [1.165, 1.54) is 18.3 Å². The average molecular weight is 335 g/mol. The fourth-order valence-electron chi connectivity index (χ4n) is 1.66. The Balaban J connectivity index is 2.31. The van der Waals surface area contributed by atoms with Gasteiger partial charge in [0.15, 0.2) is 0 Å². The summed E-state index contributed by atoms with van der Waals surface area (Å²) < 4.78 is 0.721. The van der Waals surface area contributed by atoms with Gasteiger partial charge in [0.05, 0.1) is 11.3 Å². The molecule has 1 aromatic carbocycles. The highest BCUT2D eigenvalue weighted by molar-refractivity contribution is 9.10. The highest BCUT2D eigenvalue weighted by Crippen LogP contribution is 2.24. The molecule has 5 nitrogen and oxygen atoms in total. The van der Waals surface area contributed by atoms with Crippen molar-refractivity contribution in [2.24, 2.45) is 0 Å². The Bertz CT molecular complexity index is 686. The van der Waals surface area contributed by atoms with Crippen LogP contribution in [-0.4, -0.2) is 22.0 Å². The van der Waals surface area contributed by atoms with Gasteiger partial charge in [-0.25, -0.2) is 4.79 Å². The smallest absolute Gasteiger partial charge is 0.338 e. The summed E-state index contributed by atoms with van der Waals surface area (Å²) in [5.41, 5.74) is 1.35. The Hall–Kier alpha value is -2.21. The quantitative estimate of drug-likeness (QED) is 0.903. The minimum Gasteiger partial charge on any atom is -0.478 e. The van der Waals surface area contributed by atoms with Gasteiger partial charge < -0.3 is 10.4 Å². The zero-order valence-corrected chi connectivity index (χ0v) is 12.1. The van der Waals surface area contributed by atoms with Gasteiger partial charge in [0.25, 0.3) is 5.91 Å². The number of aromatic carboxylic acids is 1. The van der Waals surface area contributed by atoms with Gasteiger partial charge in [0.2, 0.25) is 0 Å². The number of hydrogen-bond acceptors (Lipinski definition) is 3. The Morgan fingerprint density at radius 3 is 2.70 bits per heavy atom. The van der Waals surface area contributed by atoms with Crippen molar-refractivity contribution in [3.8, 4) is 0 Å². The number of carboxylic acid groups (broad SMARTS) is 1. The van der Waals surface area contributed by atoms with Gasteiger partial charge in [-0.2, -0.15) is 0 Å². The molecule has 2 aromatic rings. The molecule has 0 aliphatic heterocycles. The molecule has 0 aliphatic carbocycles. The van der Waals surface area contributed by atoms with Crippen molar-refractivity contribution in [2.75, 3.05) is 5.32 Å². The lowest BCUT2D eigenvalue weighted by Gasteiger charge is -2.09. The second-order valence-electron chi connectivity index (χ2n) is 4.14. The van der Waals surface area contributed by atoms with E-state index in [0.717, 1.165) is 10.0 Å². The molecule has 0 atom stereocenters. The predicted octanol–water partition coefficient (Wildman–Crippen LogP) is 3.10. The van der Waals surface area contributed by atoms with Crippen molar-refractivity contribution >= 4 is 33.5 Å². The van der Waals surface area contributed by atoms with E-state index in [1.54, 1.807) is 6.07 Å². The lowest BCUT2D eigenvalue weighted by molar-refractivity contribution is 0.0691. The maximum absolute atomic E-state index is 12.1. The molecule has 6 heteroatoms. The number of aryl methyl sites for hydroxylation is 1. The van der Waals surface area contributed by atoms with E-state index in [2.05, 4.69) is 26.2 Å². The number of nitrogens with one attached hydrogen (secondary N) is 1. The minimum atomic E-state index is -1.19. The fraction of sp³-hybridized carbons (Fsp3) is 0.0714. The first-order valence-corrected chi connectivity index (χ1v) is 6.54. The number of hydrogen-bond donors (Lipinski definition) is 2. The molecule has 0 radical (unpaired) electrons. The van der Waals surface area contributed by atoms with Crippen LogP contribution < -0.4 is 5.32 Å². The first-order valence-electron chi connectivity index (χ1n) is 5.75. The van der Waals surface area contributed by atoms with Crippen LogP contribution in [-0.2, 0) is 0 Å². The fourth-order valence-corrected chi connectivity index (χ4v) is 2.25. The molecule has 0 spiro atoms. The van der Waals surface area contributed by atoms with Gasteiger partial charge in [0, 0.05) is 10.7 Å². The molecule has 1 heterocycles. The number of anilines is 1. The van der Waals surface area contributed by atoms with E-state index in [-0.39, 0.29) is 11.3 Å². The number of carbonyl (C=O) groups excluding carboxylic acids is 1. The summed E-state index contributed by atoms with van der Waals surface area (Å²) in [6, 6.07) is 8.25. The molecule has 0 bridgehead atoms. The molecule has 1 aromatic heterocycles. The first kappa shape index (κ1) is 14.2. The Morgan fingerprint density at radius 2 is 2.05 bits per heavy atom. The number of amides is 1. The van der Waals surface area contributed by atoms with Crippen LogP contribution in [0.1, 0.15) is 26.4 Å². The molecule has 0 aliphatic rings. The third-order valence-corrected chi connectivity index (χ3v) is 3.28. The standard InChI is InChI=1S/C14H11BrN2O3/c1-8-4-5-11(10(15)7-8)17-13(18)12-9(14(19)20)3-2-6-16-12/h2-7H,1H3,(H,17,18)(H,19,20). The summed E-state index contributed by atoms with van der Waals surface area (Å²) in [7, 11) is 0. The summed E-state index contributed by atoms with van der Waals surface area (Å²) in [6.07, 6.45) is 1.38.